The van der Waals surface area contributed by atoms with Crippen LogP contribution in [0.2, 0.25) is 0 Å². The Morgan fingerprint density at radius 2 is 2.26 bits per heavy atom. The molecule has 1 aromatic heterocycles. The monoisotopic (exact) mass is 429 g/mol. The van der Waals surface area contributed by atoms with Crippen LogP contribution in [0.3, 0.4) is 0 Å². The van der Waals surface area contributed by atoms with Crippen LogP contribution in [-0.4, -0.2) is 65.6 Å². The van der Waals surface area contributed by atoms with Crippen LogP contribution >= 0.6 is 0 Å². The van der Waals surface area contributed by atoms with E-state index in [1.807, 2.05) is 0 Å². The molecule has 0 bridgehead atoms. The Hall–Kier alpha value is -3.40. The second kappa shape index (κ2) is 7.69. The number of aliphatic hydroxyl groups excluding tert-OH is 1. The van der Waals surface area contributed by atoms with Crippen molar-refractivity contribution < 1.29 is 33.1 Å². The Kier molecular flexibility index (Phi) is 4.85. The van der Waals surface area contributed by atoms with Crippen LogP contribution in [0.25, 0.3) is 5.57 Å². The fourth-order valence-electron chi connectivity index (χ4n) is 4.36. The second-order valence-electron chi connectivity index (χ2n) is 7.65. The highest BCUT2D eigenvalue weighted by Crippen LogP contribution is 2.41. The van der Waals surface area contributed by atoms with Crippen molar-refractivity contribution in [2.75, 3.05) is 31.2 Å². The van der Waals surface area contributed by atoms with Gasteiger partial charge in [-0.3, -0.25) is 9.69 Å². The summed E-state index contributed by atoms with van der Waals surface area (Å²) in [6.45, 7) is 0.325. The number of aromatic nitrogens is 1. The van der Waals surface area contributed by atoms with E-state index in [2.05, 4.69) is 5.16 Å². The molecule has 2 atom stereocenters. The number of carbonyl (C=O) groups is 2. The van der Waals surface area contributed by atoms with E-state index in [9.17, 15) is 14.0 Å². The number of fused-ring (bicyclic) bond motifs is 3. The molecule has 1 saturated heterocycles. The summed E-state index contributed by atoms with van der Waals surface area (Å²) >= 11 is 0. The molecule has 1 unspecified atom stereocenters. The van der Waals surface area contributed by atoms with Gasteiger partial charge in [-0.05, 0) is 41.3 Å². The minimum atomic E-state index is -0.536. The predicted molar refractivity (Wildman–Crippen MR) is 105 cm³/mol. The lowest BCUT2D eigenvalue weighted by Gasteiger charge is -2.26. The van der Waals surface area contributed by atoms with Gasteiger partial charge in [-0.2, -0.15) is 0 Å². The van der Waals surface area contributed by atoms with Crippen molar-refractivity contribution in [3.63, 3.8) is 0 Å². The number of amides is 2. The van der Waals surface area contributed by atoms with E-state index in [-0.39, 0.29) is 18.6 Å². The normalized spacial score (nSPS) is 22.1. The number of nitrogens with zero attached hydrogens (tertiary/aromatic N) is 3. The van der Waals surface area contributed by atoms with Crippen LogP contribution in [0, 0.1) is 5.82 Å². The van der Waals surface area contributed by atoms with E-state index in [1.54, 1.807) is 18.2 Å². The van der Waals surface area contributed by atoms with Crippen molar-refractivity contribution >= 4 is 23.3 Å². The molecule has 3 aliphatic rings. The first-order valence-corrected chi connectivity index (χ1v) is 9.98. The number of anilines is 1. The number of halogens is 1. The van der Waals surface area contributed by atoms with Gasteiger partial charge in [0.15, 0.2) is 6.10 Å². The first-order valence-electron chi connectivity index (χ1n) is 9.98. The van der Waals surface area contributed by atoms with Gasteiger partial charge in [0, 0.05) is 24.7 Å². The van der Waals surface area contributed by atoms with Crippen molar-refractivity contribution in [1.29, 1.82) is 0 Å². The number of rotatable bonds is 5. The maximum Gasteiger partial charge on any atom is 0.415 e. The number of hydrogen-bond donors (Lipinski definition) is 1. The number of benzene rings is 1. The molecule has 0 spiro atoms. The standard InChI is InChI=1S/C21H20FN3O6/c22-15-9-16-13(7-14(15)12-1-4-24(5-2-12)20(27)10-26)8-17-18(31-21(28)25(16)17)11-29-19-3-6-30-23-19/h1,3,6-7,9,17-18,26H,2,4-5,8,10-11H2/t17-,18?/m0/s1. The topological polar surface area (TPSA) is 105 Å². The van der Waals surface area contributed by atoms with E-state index in [0.717, 1.165) is 11.1 Å². The van der Waals surface area contributed by atoms with E-state index in [0.29, 0.717) is 43.1 Å². The van der Waals surface area contributed by atoms with E-state index < -0.39 is 24.6 Å². The van der Waals surface area contributed by atoms with Gasteiger partial charge in [-0.1, -0.05) is 6.08 Å². The quantitative estimate of drug-likeness (QED) is 0.772. The Labute approximate surface area is 176 Å². The van der Waals surface area contributed by atoms with E-state index >= 15 is 0 Å². The summed E-state index contributed by atoms with van der Waals surface area (Å²) in [5.41, 5.74) is 2.65. The third kappa shape index (κ3) is 3.42. The highest BCUT2D eigenvalue weighted by atomic mass is 19.1. The zero-order valence-electron chi connectivity index (χ0n) is 16.5. The molecule has 9 nitrogen and oxygen atoms in total. The van der Waals surface area contributed by atoms with E-state index in [4.69, 9.17) is 19.1 Å². The molecule has 0 aliphatic carbocycles. The first kappa shape index (κ1) is 19.6. The Balaban J connectivity index is 1.35. The summed E-state index contributed by atoms with van der Waals surface area (Å²) in [6.07, 6.45) is 3.15. The summed E-state index contributed by atoms with van der Waals surface area (Å²) < 4.78 is 30.7. The Bertz CT molecular complexity index is 1050. The average Bonchev–Trinajstić information content (AvgIpc) is 3.49. The van der Waals surface area contributed by atoms with Gasteiger partial charge in [0.25, 0.3) is 5.88 Å². The van der Waals surface area contributed by atoms with Gasteiger partial charge in [0.1, 0.15) is 25.3 Å². The second-order valence-corrected chi connectivity index (χ2v) is 7.65. The van der Waals surface area contributed by atoms with E-state index in [1.165, 1.54) is 22.1 Å². The minimum absolute atomic E-state index is 0.114. The molecule has 0 radical (unpaired) electrons. The summed E-state index contributed by atoms with van der Waals surface area (Å²) in [6, 6.07) is 4.43. The molecule has 10 heteroatoms. The zero-order chi connectivity index (χ0) is 21.5. The third-order valence-corrected chi connectivity index (χ3v) is 5.92. The maximum atomic E-state index is 15.0. The fraction of sp³-hybridized carbons (Fsp3) is 0.381. The van der Waals surface area contributed by atoms with Gasteiger partial charge in [-0.25, -0.2) is 9.18 Å². The SMILES string of the molecule is O=C(CO)N1CC=C(c2cc3c(cc2F)N2C(=O)OC(COc4ccon4)[C@@H]2C3)CC1. The maximum absolute atomic E-state index is 15.0. The lowest BCUT2D eigenvalue weighted by atomic mass is 9.95. The summed E-state index contributed by atoms with van der Waals surface area (Å²) in [7, 11) is 0. The molecule has 2 amide bonds. The molecule has 2 aromatic rings. The van der Waals surface area contributed by atoms with Crippen molar-refractivity contribution in [1.82, 2.24) is 10.1 Å². The van der Waals surface area contributed by atoms with Crippen LogP contribution in [0.5, 0.6) is 5.88 Å². The van der Waals surface area contributed by atoms with Gasteiger partial charge in [0.05, 0.1) is 11.7 Å². The molecular formula is C21H20FN3O6. The number of hydrogen-bond acceptors (Lipinski definition) is 7. The number of ether oxygens (including phenoxy) is 2. The highest BCUT2D eigenvalue weighted by Gasteiger charge is 2.48. The molecular weight excluding hydrogens is 409 g/mol. The van der Waals surface area contributed by atoms with Crippen LogP contribution in [0.15, 0.2) is 35.1 Å². The number of aliphatic hydroxyl groups is 1. The summed E-state index contributed by atoms with van der Waals surface area (Å²) in [5, 5.41) is 12.7. The van der Waals surface area contributed by atoms with Gasteiger partial charge in [0.2, 0.25) is 5.91 Å². The lowest BCUT2D eigenvalue weighted by molar-refractivity contribution is -0.133. The first-order chi connectivity index (χ1) is 15.0. The zero-order valence-corrected chi connectivity index (χ0v) is 16.5. The molecule has 1 N–H and O–H groups in total. The fourth-order valence-corrected chi connectivity index (χ4v) is 4.36. The van der Waals surface area contributed by atoms with Gasteiger partial charge < -0.3 is 24.0 Å². The minimum Gasteiger partial charge on any atom is -0.471 e. The molecule has 31 heavy (non-hydrogen) atoms. The molecule has 3 aliphatic heterocycles. The van der Waals surface area contributed by atoms with Crippen molar-refractivity contribution in [3.05, 3.63) is 47.5 Å². The molecule has 1 aromatic carbocycles. The van der Waals surface area contributed by atoms with Crippen LogP contribution in [0.4, 0.5) is 14.9 Å². The smallest absolute Gasteiger partial charge is 0.415 e. The third-order valence-electron chi connectivity index (χ3n) is 5.92. The molecule has 162 valence electrons. The molecule has 4 heterocycles. The summed E-state index contributed by atoms with van der Waals surface area (Å²) in [5.74, 6) is -0.471. The summed E-state index contributed by atoms with van der Waals surface area (Å²) in [4.78, 5) is 27.1. The molecule has 5 rings (SSSR count). The van der Waals surface area contributed by atoms with Crippen LogP contribution < -0.4 is 9.64 Å². The number of carbonyl (C=O) groups excluding carboxylic acids is 2. The van der Waals surface area contributed by atoms with Crippen molar-refractivity contribution in [3.8, 4) is 5.88 Å². The molecule has 0 saturated carbocycles. The van der Waals surface area contributed by atoms with Gasteiger partial charge >= 0.3 is 6.09 Å². The van der Waals surface area contributed by atoms with Gasteiger partial charge in [-0.15, -0.1) is 0 Å². The van der Waals surface area contributed by atoms with Crippen molar-refractivity contribution in [2.24, 2.45) is 0 Å². The number of cyclic esters (lactones) is 1. The Morgan fingerprint density at radius 3 is 2.97 bits per heavy atom. The highest BCUT2D eigenvalue weighted by molar-refractivity contribution is 5.94. The predicted octanol–water partition coefficient (Wildman–Crippen LogP) is 1.75. The lowest BCUT2D eigenvalue weighted by Crippen LogP contribution is -2.36. The Morgan fingerprint density at radius 1 is 1.39 bits per heavy atom. The largest absolute Gasteiger partial charge is 0.471 e. The van der Waals surface area contributed by atoms with Crippen LogP contribution in [0.1, 0.15) is 17.5 Å². The average molecular weight is 429 g/mol. The molecule has 1 fully saturated rings. The van der Waals surface area contributed by atoms with Crippen LogP contribution in [-0.2, 0) is 16.0 Å². The van der Waals surface area contributed by atoms with Crippen molar-refractivity contribution in [2.45, 2.75) is 25.0 Å².